The van der Waals surface area contributed by atoms with E-state index in [9.17, 15) is 14.4 Å². The fourth-order valence-corrected chi connectivity index (χ4v) is 8.21. The third-order valence-electron chi connectivity index (χ3n) is 11.0. The molecule has 0 aromatic heterocycles. The molecule has 3 fully saturated rings. The van der Waals surface area contributed by atoms with Crippen LogP contribution in [-0.4, -0.2) is 35.7 Å². The summed E-state index contributed by atoms with van der Waals surface area (Å²) in [7, 11) is 0. The largest absolute Gasteiger partial charge is 0.459 e. The first kappa shape index (κ1) is 34.9. The first-order valence-corrected chi connectivity index (χ1v) is 16.2. The zero-order chi connectivity index (χ0) is 32.6. The lowest BCUT2D eigenvalue weighted by Gasteiger charge is -2.46. The van der Waals surface area contributed by atoms with E-state index in [1.807, 2.05) is 27.7 Å². The maximum absolute atomic E-state index is 14.0. The predicted octanol–water partition coefficient (Wildman–Crippen LogP) is 8.39. The Morgan fingerprint density at radius 1 is 0.714 bits per heavy atom. The molecule has 0 radical (unpaired) electrons. The van der Waals surface area contributed by atoms with Crippen LogP contribution >= 0.6 is 0 Å². The molecular formula is C36H62O6. The van der Waals surface area contributed by atoms with E-state index in [2.05, 4.69) is 83.1 Å². The van der Waals surface area contributed by atoms with Gasteiger partial charge in [0.05, 0.1) is 16.7 Å². The van der Waals surface area contributed by atoms with E-state index in [0.717, 1.165) is 6.42 Å². The second-order valence-electron chi connectivity index (χ2n) is 19.5. The second-order valence-corrected chi connectivity index (χ2v) is 19.5. The molecule has 2 bridgehead atoms. The van der Waals surface area contributed by atoms with Gasteiger partial charge < -0.3 is 14.2 Å². The summed E-state index contributed by atoms with van der Waals surface area (Å²) in [5, 5.41) is 0. The van der Waals surface area contributed by atoms with Gasteiger partial charge in [-0.2, -0.15) is 0 Å². The first-order chi connectivity index (χ1) is 18.5. The van der Waals surface area contributed by atoms with Crippen molar-refractivity contribution in [3.05, 3.63) is 0 Å². The number of esters is 3. The van der Waals surface area contributed by atoms with E-state index in [0.29, 0.717) is 19.3 Å². The van der Waals surface area contributed by atoms with Gasteiger partial charge in [0.25, 0.3) is 0 Å². The SMILES string of the molecule is CC(C)(C)CC(C)(C(=O)OC1C2CC3C1OC(=O)C3C2CC(C)(C)OC(=O)C(C)(CC(C)(C)C)C(C)(C)C)C(C)(C)C. The van der Waals surface area contributed by atoms with Crippen LogP contribution in [0, 0.1) is 56.2 Å². The van der Waals surface area contributed by atoms with Crippen LogP contribution in [0.1, 0.15) is 136 Å². The van der Waals surface area contributed by atoms with E-state index >= 15 is 0 Å². The zero-order valence-electron chi connectivity index (χ0n) is 29.7. The second kappa shape index (κ2) is 10.5. The predicted molar refractivity (Wildman–Crippen MR) is 166 cm³/mol. The molecule has 0 amide bonds. The summed E-state index contributed by atoms with van der Waals surface area (Å²) in [6, 6.07) is 0. The zero-order valence-corrected chi connectivity index (χ0v) is 29.7. The summed E-state index contributed by atoms with van der Waals surface area (Å²) in [6.45, 7) is 33.4. The Kier molecular flexibility index (Phi) is 8.72. The van der Waals surface area contributed by atoms with Crippen molar-refractivity contribution >= 4 is 17.9 Å². The molecule has 6 heteroatoms. The molecule has 2 aliphatic carbocycles. The van der Waals surface area contributed by atoms with Crippen LogP contribution in [0.3, 0.4) is 0 Å². The highest BCUT2D eigenvalue weighted by Crippen LogP contribution is 2.61. The number of carbonyl (C=O) groups excluding carboxylic acids is 3. The average molecular weight is 591 g/mol. The minimum atomic E-state index is -0.796. The van der Waals surface area contributed by atoms with Crippen molar-refractivity contribution in [3.8, 4) is 0 Å². The lowest BCUT2D eigenvalue weighted by molar-refractivity contribution is -0.183. The molecule has 8 atom stereocenters. The molecule has 242 valence electrons. The van der Waals surface area contributed by atoms with Gasteiger partial charge in [-0.15, -0.1) is 0 Å². The molecule has 1 saturated heterocycles. The van der Waals surface area contributed by atoms with E-state index < -0.39 is 22.5 Å². The quantitative estimate of drug-likeness (QED) is 0.209. The standard InChI is InChI=1S/C36H62O6/c1-30(2,3)19-35(15,32(7,8)9)28(38)41-25-21-17-22-24(27(37)40-26(22)25)23(21)18-34(13,14)42-29(39)36(16,33(10,11)12)20-31(4,5)6/h21-26H,17-20H2,1-16H3. The van der Waals surface area contributed by atoms with E-state index in [1.165, 1.54) is 0 Å². The number of hydrogen-bond acceptors (Lipinski definition) is 6. The van der Waals surface area contributed by atoms with Gasteiger partial charge in [0.15, 0.2) is 0 Å². The van der Waals surface area contributed by atoms with Gasteiger partial charge in [-0.05, 0) is 81.0 Å². The van der Waals surface area contributed by atoms with E-state index in [1.54, 1.807) is 0 Å². The Balaban J connectivity index is 1.85. The van der Waals surface area contributed by atoms with Gasteiger partial charge in [0.1, 0.15) is 17.8 Å². The lowest BCUT2D eigenvalue weighted by atomic mass is 9.61. The highest BCUT2D eigenvalue weighted by molar-refractivity contribution is 5.80. The highest BCUT2D eigenvalue weighted by atomic mass is 16.6. The molecule has 42 heavy (non-hydrogen) atoms. The molecule has 2 saturated carbocycles. The summed E-state index contributed by atoms with van der Waals surface area (Å²) in [5.41, 5.74) is -2.91. The lowest BCUT2D eigenvalue weighted by Crippen LogP contribution is -2.50. The summed E-state index contributed by atoms with van der Waals surface area (Å²) < 4.78 is 18.7. The van der Waals surface area contributed by atoms with Crippen LogP contribution in [0.15, 0.2) is 0 Å². The van der Waals surface area contributed by atoms with Crippen molar-refractivity contribution < 1.29 is 28.6 Å². The van der Waals surface area contributed by atoms with E-state index in [4.69, 9.17) is 14.2 Å². The Bertz CT molecular complexity index is 1060. The Morgan fingerprint density at radius 2 is 1.17 bits per heavy atom. The van der Waals surface area contributed by atoms with Gasteiger partial charge in [0.2, 0.25) is 0 Å². The third-order valence-corrected chi connectivity index (χ3v) is 11.0. The summed E-state index contributed by atoms with van der Waals surface area (Å²) in [4.78, 5) is 41.1. The van der Waals surface area contributed by atoms with Crippen molar-refractivity contribution in [1.82, 2.24) is 0 Å². The maximum atomic E-state index is 14.0. The van der Waals surface area contributed by atoms with Crippen molar-refractivity contribution in [3.63, 3.8) is 0 Å². The normalized spacial score (nSPS) is 30.9. The number of carbonyl (C=O) groups is 3. The molecule has 0 spiro atoms. The van der Waals surface area contributed by atoms with Crippen molar-refractivity contribution in [1.29, 1.82) is 0 Å². The van der Waals surface area contributed by atoms with Crippen LogP contribution in [0.25, 0.3) is 0 Å². The van der Waals surface area contributed by atoms with Crippen molar-refractivity contribution in [2.24, 2.45) is 56.2 Å². The average Bonchev–Trinajstić information content (AvgIpc) is 3.33. The van der Waals surface area contributed by atoms with Crippen LogP contribution in [0.4, 0.5) is 0 Å². The van der Waals surface area contributed by atoms with Gasteiger partial charge in [-0.25, -0.2) is 0 Å². The highest BCUT2D eigenvalue weighted by Gasteiger charge is 2.69. The topological polar surface area (TPSA) is 78.9 Å². The molecule has 0 aromatic rings. The molecule has 8 unspecified atom stereocenters. The Labute approximate surface area is 256 Å². The van der Waals surface area contributed by atoms with Crippen LogP contribution < -0.4 is 0 Å². The Morgan fingerprint density at radius 3 is 1.60 bits per heavy atom. The fourth-order valence-electron chi connectivity index (χ4n) is 8.21. The molecule has 0 aromatic carbocycles. The fraction of sp³-hybridized carbons (Fsp3) is 0.917. The number of rotatable bonds is 8. The van der Waals surface area contributed by atoms with Crippen molar-refractivity contribution in [2.45, 2.75) is 154 Å². The molecule has 1 heterocycles. The Hall–Kier alpha value is -1.59. The number of fused-ring (bicyclic) bond motifs is 1. The van der Waals surface area contributed by atoms with Crippen LogP contribution in [0.5, 0.6) is 0 Å². The molecule has 6 nitrogen and oxygen atoms in total. The number of ether oxygens (including phenoxy) is 3. The van der Waals surface area contributed by atoms with Gasteiger partial charge in [-0.1, -0.05) is 83.1 Å². The summed E-state index contributed by atoms with van der Waals surface area (Å²) >= 11 is 0. The first-order valence-electron chi connectivity index (χ1n) is 16.2. The smallest absolute Gasteiger partial charge is 0.312 e. The van der Waals surface area contributed by atoms with Crippen molar-refractivity contribution in [2.75, 3.05) is 0 Å². The minimum absolute atomic E-state index is 0.000747. The summed E-state index contributed by atoms with van der Waals surface area (Å²) in [5.74, 6) is -0.875. The molecule has 3 rings (SSSR count). The van der Waals surface area contributed by atoms with E-state index in [-0.39, 0.29) is 69.3 Å². The van der Waals surface area contributed by atoms with Crippen LogP contribution in [0.2, 0.25) is 0 Å². The molecule has 3 aliphatic rings. The molecule has 1 aliphatic heterocycles. The minimum Gasteiger partial charge on any atom is -0.459 e. The van der Waals surface area contributed by atoms with Gasteiger partial charge >= 0.3 is 17.9 Å². The van der Waals surface area contributed by atoms with Gasteiger partial charge in [-0.3, -0.25) is 14.4 Å². The van der Waals surface area contributed by atoms with Gasteiger partial charge in [0, 0.05) is 11.8 Å². The monoisotopic (exact) mass is 590 g/mol. The summed E-state index contributed by atoms with van der Waals surface area (Å²) in [6.07, 6.45) is 1.85. The molecular weight excluding hydrogens is 528 g/mol. The number of hydrogen-bond donors (Lipinski definition) is 0. The maximum Gasteiger partial charge on any atom is 0.312 e. The molecule has 0 N–H and O–H groups in total. The van der Waals surface area contributed by atoms with Crippen LogP contribution in [-0.2, 0) is 28.6 Å². The third kappa shape index (κ3) is 6.58.